The molecule has 1 saturated heterocycles. The van der Waals surface area contributed by atoms with Gasteiger partial charge in [0.25, 0.3) is 5.91 Å². The van der Waals surface area contributed by atoms with Crippen LogP contribution in [0, 0.1) is 6.92 Å². The molecule has 1 aliphatic rings. The van der Waals surface area contributed by atoms with Crippen molar-refractivity contribution in [3.63, 3.8) is 0 Å². The average Bonchev–Trinajstić information content (AvgIpc) is 2.93. The lowest BCUT2D eigenvalue weighted by Gasteiger charge is -2.12. The van der Waals surface area contributed by atoms with Crippen molar-refractivity contribution in [3.8, 4) is 0 Å². The van der Waals surface area contributed by atoms with E-state index in [9.17, 15) is 21.6 Å². The number of sulfonamides is 1. The van der Waals surface area contributed by atoms with Gasteiger partial charge in [-0.2, -0.15) is 0 Å². The molecule has 10 heteroatoms. The monoisotopic (exact) mass is 409 g/mol. The number of benzene rings is 1. The van der Waals surface area contributed by atoms with Gasteiger partial charge in [-0.1, -0.05) is 0 Å². The summed E-state index contributed by atoms with van der Waals surface area (Å²) in [5, 5.41) is 2.64. The van der Waals surface area contributed by atoms with E-state index in [2.05, 4.69) is 15.0 Å². The van der Waals surface area contributed by atoms with Crippen molar-refractivity contribution in [2.75, 3.05) is 16.8 Å². The maximum atomic E-state index is 12.4. The second kappa shape index (κ2) is 7.37. The number of aryl methyl sites for hydroxylation is 1. The third-order valence-corrected chi connectivity index (χ3v) is 7.44. The van der Waals surface area contributed by atoms with Crippen LogP contribution in [0.4, 0.5) is 5.82 Å². The van der Waals surface area contributed by atoms with E-state index < -0.39 is 31.8 Å². The van der Waals surface area contributed by atoms with Crippen LogP contribution in [0.5, 0.6) is 0 Å². The normalized spacial score (nSPS) is 18.9. The summed E-state index contributed by atoms with van der Waals surface area (Å²) in [7, 11) is -7.05. The number of carbonyl (C=O) groups excluding carboxylic acids is 1. The van der Waals surface area contributed by atoms with Gasteiger partial charge in [-0.3, -0.25) is 4.79 Å². The Balaban J connectivity index is 1.69. The number of carbonyl (C=O) groups is 1. The predicted molar refractivity (Wildman–Crippen MR) is 101 cm³/mol. The molecule has 1 aliphatic heterocycles. The molecule has 0 radical (unpaired) electrons. The van der Waals surface area contributed by atoms with Crippen molar-refractivity contribution in [1.82, 2.24) is 9.71 Å². The fourth-order valence-electron chi connectivity index (χ4n) is 2.75. The van der Waals surface area contributed by atoms with Gasteiger partial charge in [0.15, 0.2) is 9.84 Å². The number of aromatic nitrogens is 1. The number of anilines is 1. The number of nitrogens with one attached hydrogen (secondary N) is 2. The first-order valence-corrected chi connectivity index (χ1v) is 11.5. The summed E-state index contributed by atoms with van der Waals surface area (Å²) in [5.74, 6) is -0.226. The first-order chi connectivity index (χ1) is 12.6. The molecule has 0 bridgehead atoms. The number of hydrogen-bond donors (Lipinski definition) is 2. The van der Waals surface area contributed by atoms with E-state index in [4.69, 9.17) is 0 Å². The van der Waals surface area contributed by atoms with Gasteiger partial charge in [0, 0.05) is 17.8 Å². The van der Waals surface area contributed by atoms with Gasteiger partial charge in [0.1, 0.15) is 5.82 Å². The van der Waals surface area contributed by atoms with Gasteiger partial charge in [0.05, 0.1) is 16.4 Å². The zero-order chi connectivity index (χ0) is 19.7. The summed E-state index contributed by atoms with van der Waals surface area (Å²) in [6, 6.07) is 8.30. The van der Waals surface area contributed by atoms with Crippen LogP contribution in [0.3, 0.4) is 0 Å². The van der Waals surface area contributed by atoms with Crippen molar-refractivity contribution >= 4 is 31.6 Å². The first-order valence-electron chi connectivity index (χ1n) is 8.21. The van der Waals surface area contributed by atoms with E-state index in [-0.39, 0.29) is 28.4 Å². The molecule has 1 aromatic heterocycles. The van der Waals surface area contributed by atoms with Crippen LogP contribution in [0.2, 0.25) is 0 Å². The van der Waals surface area contributed by atoms with Gasteiger partial charge >= 0.3 is 0 Å². The lowest BCUT2D eigenvalue weighted by atomic mass is 10.2. The molecule has 0 spiro atoms. The zero-order valence-electron chi connectivity index (χ0n) is 14.5. The highest BCUT2D eigenvalue weighted by molar-refractivity contribution is 7.92. The topological polar surface area (TPSA) is 122 Å². The van der Waals surface area contributed by atoms with Crippen molar-refractivity contribution in [1.29, 1.82) is 0 Å². The highest BCUT2D eigenvalue weighted by Crippen LogP contribution is 2.17. The first kappa shape index (κ1) is 19.5. The van der Waals surface area contributed by atoms with Crippen LogP contribution in [-0.2, 0) is 19.9 Å². The molecule has 1 amide bonds. The molecule has 1 fully saturated rings. The summed E-state index contributed by atoms with van der Waals surface area (Å²) in [6.45, 7) is 1.87. The summed E-state index contributed by atoms with van der Waals surface area (Å²) in [5.41, 5.74) is 1.22. The van der Waals surface area contributed by atoms with Crippen molar-refractivity contribution in [2.45, 2.75) is 24.3 Å². The van der Waals surface area contributed by atoms with Crippen LogP contribution in [-0.4, -0.2) is 45.3 Å². The van der Waals surface area contributed by atoms with Gasteiger partial charge in [0.2, 0.25) is 10.0 Å². The summed E-state index contributed by atoms with van der Waals surface area (Å²) in [6.07, 6.45) is 1.83. The summed E-state index contributed by atoms with van der Waals surface area (Å²) >= 11 is 0. The summed E-state index contributed by atoms with van der Waals surface area (Å²) < 4.78 is 50.1. The van der Waals surface area contributed by atoms with E-state index in [1.165, 1.54) is 24.3 Å². The standard InChI is InChI=1S/C17H19N3O5S2/c1-12-6-8-18-16(10-12)19-17(21)13-2-4-15(5-3-13)27(24,25)20-14-7-9-26(22,23)11-14/h2-6,8,10,14,20H,7,9,11H2,1H3,(H,18,19,21). The van der Waals surface area contributed by atoms with E-state index in [1.54, 1.807) is 18.3 Å². The lowest BCUT2D eigenvalue weighted by Crippen LogP contribution is -2.35. The Bertz CT molecular complexity index is 1060. The molecule has 2 heterocycles. The van der Waals surface area contributed by atoms with Gasteiger partial charge in [-0.15, -0.1) is 0 Å². The largest absolute Gasteiger partial charge is 0.307 e. The van der Waals surface area contributed by atoms with Crippen LogP contribution in [0.15, 0.2) is 47.5 Å². The molecular formula is C17H19N3O5S2. The minimum absolute atomic E-state index is 0.0215. The van der Waals surface area contributed by atoms with E-state index >= 15 is 0 Å². The molecule has 144 valence electrons. The van der Waals surface area contributed by atoms with Crippen molar-refractivity contribution < 1.29 is 21.6 Å². The number of sulfone groups is 1. The molecule has 1 unspecified atom stereocenters. The molecule has 3 rings (SSSR count). The molecule has 2 N–H and O–H groups in total. The number of pyridine rings is 1. The van der Waals surface area contributed by atoms with E-state index in [0.29, 0.717) is 5.82 Å². The summed E-state index contributed by atoms with van der Waals surface area (Å²) in [4.78, 5) is 16.3. The molecule has 0 aliphatic carbocycles. The number of hydrogen-bond acceptors (Lipinski definition) is 6. The highest BCUT2D eigenvalue weighted by Gasteiger charge is 2.31. The second-order valence-electron chi connectivity index (χ2n) is 6.42. The Hall–Kier alpha value is -2.30. The van der Waals surface area contributed by atoms with Gasteiger partial charge < -0.3 is 5.32 Å². The Kier molecular flexibility index (Phi) is 5.31. The third-order valence-electron chi connectivity index (χ3n) is 4.14. The molecule has 8 nitrogen and oxygen atoms in total. The molecule has 1 aromatic carbocycles. The van der Waals surface area contributed by atoms with Crippen LogP contribution < -0.4 is 10.0 Å². The van der Waals surface area contributed by atoms with Crippen LogP contribution in [0.1, 0.15) is 22.3 Å². The smallest absolute Gasteiger partial charge is 0.256 e. The maximum Gasteiger partial charge on any atom is 0.256 e. The fourth-order valence-corrected chi connectivity index (χ4v) is 5.80. The quantitative estimate of drug-likeness (QED) is 0.763. The van der Waals surface area contributed by atoms with Crippen LogP contribution in [0.25, 0.3) is 0 Å². The number of rotatable bonds is 5. The second-order valence-corrected chi connectivity index (χ2v) is 10.4. The number of amides is 1. The molecular weight excluding hydrogens is 390 g/mol. The molecule has 1 atom stereocenters. The van der Waals surface area contributed by atoms with Crippen molar-refractivity contribution in [2.24, 2.45) is 0 Å². The van der Waals surface area contributed by atoms with Crippen LogP contribution >= 0.6 is 0 Å². The Labute approximate surface area is 158 Å². The lowest BCUT2D eigenvalue weighted by molar-refractivity contribution is 0.102. The van der Waals surface area contributed by atoms with E-state index in [1.807, 2.05) is 6.92 Å². The van der Waals surface area contributed by atoms with Crippen molar-refractivity contribution in [3.05, 3.63) is 53.7 Å². The highest BCUT2D eigenvalue weighted by atomic mass is 32.2. The molecule has 27 heavy (non-hydrogen) atoms. The minimum atomic E-state index is -3.86. The van der Waals surface area contributed by atoms with Gasteiger partial charge in [-0.25, -0.2) is 26.5 Å². The Morgan fingerprint density at radius 3 is 2.48 bits per heavy atom. The molecule has 0 saturated carbocycles. The molecule has 2 aromatic rings. The van der Waals surface area contributed by atoms with Gasteiger partial charge in [-0.05, 0) is 55.3 Å². The minimum Gasteiger partial charge on any atom is -0.307 e. The Morgan fingerprint density at radius 2 is 1.89 bits per heavy atom. The van der Waals surface area contributed by atoms with E-state index in [0.717, 1.165) is 5.56 Å². The average molecular weight is 409 g/mol. The predicted octanol–water partition coefficient (Wildman–Crippen LogP) is 1.11. The zero-order valence-corrected chi connectivity index (χ0v) is 16.2. The third kappa shape index (κ3) is 4.90. The maximum absolute atomic E-state index is 12.4. The Morgan fingerprint density at radius 1 is 1.19 bits per heavy atom. The number of nitrogens with zero attached hydrogens (tertiary/aromatic N) is 1. The SMILES string of the molecule is Cc1ccnc(NC(=O)c2ccc(S(=O)(=O)NC3CCS(=O)(=O)C3)cc2)c1. The fraction of sp³-hybridized carbons (Fsp3) is 0.294.